The van der Waals surface area contributed by atoms with E-state index in [1.807, 2.05) is 6.07 Å². The van der Waals surface area contributed by atoms with E-state index in [9.17, 15) is 22.8 Å². The highest BCUT2D eigenvalue weighted by Crippen LogP contribution is 2.33. The first kappa shape index (κ1) is 16.4. The molecule has 0 spiro atoms. The molecule has 1 atom stereocenters. The average molecular weight is 356 g/mol. The molecule has 10 heteroatoms. The number of carbonyl (C=O) groups excluding carboxylic acids is 2. The Balaban J connectivity index is 1.66. The quantitative estimate of drug-likeness (QED) is 0.917. The predicted octanol–water partition coefficient (Wildman–Crippen LogP) is 2.55. The van der Waals surface area contributed by atoms with Crippen LogP contribution in [0.4, 0.5) is 24.0 Å². The Morgan fingerprint density at radius 3 is 2.58 bits per heavy atom. The maximum Gasteiger partial charge on any atom is 0.445 e. The maximum atomic E-state index is 12.5. The highest BCUT2D eigenvalue weighted by Gasteiger charge is 2.37. The van der Waals surface area contributed by atoms with Crippen molar-refractivity contribution in [1.82, 2.24) is 10.2 Å². The van der Waals surface area contributed by atoms with Gasteiger partial charge in [0, 0.05) is 18.7 Å². The third-order valence-corrected chi connectivity index (χ3v) is 4.34. The van der Waals surface area contributed by atoms with Crippen molar-refractivity contribution in [1.29, 1.82) is 0 Å². The standard InChI is InChI=1S/C14H11F3N4O2S/c15-14(16,17)12-19-20-13(24-12)18-11(23)8-6-10(22)21(7-8)9-4-2-1-3-5-9/h1-5,8H,6-7H2,(H,18,20,23)/t8-/m1/s1. The van der Waals surface area contributed by atoms with E-state index in [2.05, 4.69) is 15.5 Å². The Kier molecular flexibility index (Phi) is 4.22. The second-order valence-corrected chi connectivity index (χ2v) is 6.12. The summed E-state index contributed by atoms with van der Waals surface area (Å²) in [6.07, 6.45) is -4.61. The third kappa shape index (κ3) is 3.37. The summed E-state index contributed by atoms with van der Waals surface area (Å²) >= 11 is 0.247. The number of nitrogens with zero attached hydrogens (tertiary/aromatic N) is 3. The minimum Gasteiger partial charge on any atom is -0.312 e. The molecule has 2 amide bonds. The monoisotopic (exact) mass is 356 g/mol. The predicted molar refractivity (Wildman–Crippen MR) is 80.4 cm³/mol. The molecular weight excluding hydrogens is 345 g/mol. The molecule has 0 radical (unpaired) electrons. The minimum absolute atomic E-state index is 0.00827. The number of anilines is 2. The molecule has 1 saturated heterocycles. The van der Waals surface area contributed by atoms with Gasteiger partial charge in [0.2, 0.25) is 22.0 Å². The highest BCUT2D eigenvalue weighted by molar-refractivity contribution is 7.15. The molecule has 2 heterocycles. The molecule has 0 saturated carbocycles. The maximum absolute atomic E-state index is 12.5. The molecule has 24 heavy (non-hydrogen) atoms. The Bertz CT molecular complexity index is 763. The zero-order valence-corrected chi connectivity index (χ0v) is 12.9. The third-order valence-electron chi connectivity index (χ3n) is 3.46. The van der Waals surface area contributed by atoms with Crippen LogP contribution < -0.4 is 10.2 Å². The van der Waals surface area contributed by atoms with Crippen molar-refractivity contribution in [3.05, 3.63) is 35.3 Å². The summed E-state index contributed by atoms with van der Waals surface area (Å²) in [6, 6.07) is 8.85. The van der Waals surface area contributed by atoms with Gasteiger partial charge in [0.1, 0.15) is 0 Å². The van der Waals surface area contributed by atoms with Crippen LogP contribution >= 0.6 is 11.3 Å². The van der Waals surface area contributed by atoms with Crippen LogP contribution in [0.2, 0.25) is 0 Å². The Labute approximate surface area is 138 Å². The number of para-hydroxylation sites is 1. The number of hydrogen-bond donors (Lipinski definition) is 1. The fraction of sp³-hybridized carbons (Fsp3) is 0.286. The van der Waals surface area contributed by atoms with Gasteiger partial charge in [-0.2, -0.15) is 13.2 Å². The van der Waals surface area contributed by atoms with Gasteiger partial charge < -0.3 is 10.2 Å². The van der Waals surface area contributed by atoms with Gasteiger partial charge in [0.25, 0.3) is 0 Å². The number of carbonyl (C=O) groups is 2. The summed E-state index contributed by atoms with van der Waals surface area (Å²) in [5, 5.41) is 7.23. The molecule has 1 fully saturated rings. The summed E-state index contributed by atoms with van der Waals surface area (Å²) < 4.78 is 37.4. The van der Waals surface area contributed by atoms with Gasteiger partial charge in [-0.3, -0.25) is 9.59 Å². The molecule has 1 aliphatic rings. The van der Waals surface area contributed by atoms with Crippen molar-refractivity contribution < 1.29 is 22.8 Å². The summed E-state index contributed by atoms with van der Waals surface area (Å²) in [5.41, 5.74) is 0.674. The second-order valence-electron chi connectivity index (χ2n) is 5.14. The van der Waals surface area contributed by atoms with Crippen molar-refractivity contribution in [3.63, 3.8) is 0 Å². The lowest BCUT2D eigenvalue weighted by atomic mass is 10.1. The largest absolute Gasteiger partial charge is 0.445 e. The van der Waals surface area contributed by atoms with Gasteiger partial charge in [-0.25, -0.2) is 0 Å². The van der Waals surface area contributed by atoms with E-state index in [0.717, 1.165) is 0 Å². The number of rotatable bonds is 3. The van der Waals surface area contributed by atoms with Crippen molar-refractivity contribution in [3.8, 4) is 0 Å². The van der Waals surface area contributed by atoms with Gasteiger partial charge >= 0.3 is 6.18 Å². The lowest BCUT2D eigenvalue weighted by Crippen LogP contribution is -2.28. The first-order valence-electron chi connectivity index (χ1n) is 6.91. The Morgan fingerprint density at radius 2 is 1.96 bits per heavy atom. The minimum atomic E-state index is -4.60. The van der Waals surface area contributed by atoms with E-state index in [-0.39, 0.29) is 35.3 Å². The van der Waals surface area contributed by atoms with Crippen molar-refractivity contribution >= 4 is 34.0 Å². The molecule has 6 nitrogen and oxygen atoms in total. The van der Waals surface area contributed by atoms with E-state index in [1.165, 1.54) is 4.90 Å². The number of alkyl halides is 3. The summed E-state index contributed by atoms with van der Waals surface area (Å²) in [5.74, 6) is -1.42. The van der Waals surface area contributed by atoms with Crippen molar-refractivity contribution in [2.45, 2.75) is 12.6 Å². The smallest absolute Gasteiger partial charge is 0.312 e. The summed E-state index contributed by atoms with van der Waals surface area (Å²) in [6.45, 7) is 0.166. The van der Waals surface area contributed by atoms with E-state index < -0.39 is 23.0 Å². The van der Waals surface area contributed by atoms with Crippen LogP contribution in [0, 0.1) is 5.92 Å². The molecule has 1 aromatic carbocycles. The van der Waals surface area contributed by atoms with Gasteiger partial charge in [-0.15, -0.1) is 10.2 Å². The SMILES string of the molecule is O=C(Nc1nnc(C(F)(F)F)s1)[C@@H]1CC(=O)N(c2ccccc2)C1. The van der Waals surface area contributed by atoms with E-state index >= 15 is 0 Å². The molecule has 1 N–H and O–H groups in total. The summed E-state index contributed by atoms with van der Waals surface area (Å²) in [7, 11) is 0. The molecule has 1 aliphatic heterocycles. The topological polar surface area (TPSA) is 75.2 Å². The van der Waals surface area contributed by atoms with Crippen LogP contribution in [0.15, 0.2) is 30.3 Å². The van der Waals surface area contributed by atoms with Gasteiger partial charge in [-0.05, 0) is 12.1 Å². The zero-order chi connectivity index (χ0) is 17.3. The first-order chi connectivity index (χ1) is 11.3. The molecule has 2 aromatic rings. The molecular formula is C14H11F3N4O2S. The molecule has 3 rings (SSSR count). The zero-order valence-electron chi connectivity index (χ0n) is 12.1. The number of benzene rings is 1. The molecule has 0 unspecified atom stereocenters. The van der Waals surface area contributed by atoms with Gasteiger partial charge in [0.15, 0.2) is 0 Å². The number of nitrogens with one attached hydrogen (secondary N) is 1. The van der Waals surface area contributed by atoms with Crippen LogP contribution in [-0.2, 0) is 15.8 Å². The summed E-state index contributed by atoms with van der Waals surface area (Å²) in [4.78, 5) is 25.7. The highest BCUT2D eigenvalue weighted by atomic mass is 32.1. The Hall–Kier alpha value is -2.49. The molecule has 0 bridgehead atoms. The number of halogens is 3. The van der Waals surface area contributed by atoms with Crippen molar-refractivity contribution in [2.75, 3.05) is 16.8 Å². The van der Waals surface area contributed by atoms with E-state index in [1.54, 1.807) is 24.3 Å². The van der Waals surface area contributed by atoms with Gasteiger partial charge in [0.05, 0.1) is 5.92 Å². The number of amides is 2. The molecule has 0 aliphatic carbocycles. The lowest BCUT2D eigenvalue weighted by Gasteiger charge is -2.16. The number of aromatic nitrogens is 2. The first-order valence-corrected chi connectivity index (χ1v) is 7.73. The number of hydrogen-bond acceptors (Lipinski definition) is 5. The van der Waals surface area contributed by atoms with Crippen LogP contribution in [-0.4, -0.2) is 28.6 Å². The fourth-order valence-corrected chi connectivity index (χ4v) is 2.95. The lowest BCUT2D eigenvalue weighted by molar-refractivity contribution is -0.138. The van der Waals surface area contributed by atoms with Crippen molar-refractivity contribution in [2.24, 2.45) is 5.92 Å². The Morgan fingerprint density at radius 1 is 1.25 bits per heavy atom. The van der Waals surface area contributed by atoms with Crippen LogP contribution in [0.25, 0.3) is 0 Å². The van der Waals surface area contributed by atoms with Crippen LogP contribution in [0.3, 0.4) is 0 Å². The van der Waals surface area contributed by atoms with E-state index in [4.69, 9.17) is 0 Å². The van der Waals surface area contributed by atoms with E-state index in [0.29, 0.717) is 5.69 Å². The second kappa shape index (κ2) is 6.19. The average Bonchev–Trinajstić information content (AvgIpc) is 3.14. The van der Waals surface area contributed by atoms with Crippen LogP contribution in [0.1, 0.15) is 11.4 Å². The normalized spacial score (nSPS) is 18.0. The van der Waals surface area contributed by atoms with Gasteiger partial charge in [-0.1, -0.05) is 29.5 Å². The van der Waals surface area contributed by atoms with Crippen LogP contribution in [0.5, 0.6) is 0 Å². The fourth-order valence-electron chi connectivity index (χ4n) is 2.34. The molecule has 1 aromatic heterocycles. The molecule has 126 valence electrons.